The monoisotopic (exact) mass is 644 g/mol. The average Bonchev–Trinajstić information content (AvgIpc) is 3.07. The summed E-state index contributed by atoms with van der Waals surface area (Å²) in [4.78, 5) is 58.8. The highest BCUT2D eigenvalue weighted by Gasteiger charge is 2.19. The first-order valence-corrected chi connectivity index (χ1v) is 14.2. The number of esters is 1. The molecule has 246 valence electrons. The van der Waals surface area contributed by atoms with E-state index in [0.29, 0.717) is 34.5 Å². The number of nitrogens with one attached hydrogen (secondary N) is 2. The van der Waals surface area contributed by atoms with E-state index in [2.05, 4.69) is 20.4 Å². The molecule has 4 aromatic rings. The Morgan fingerprint density at radius 3 is 1.96 bits per heavy atom. The first-order chi connectivity index (χ1) is 22.6. The second-order valence-electron chi connectivity index (χ2n) is 10.3. The molecule has 4 rings (SSSR count). The van der Waals surface area contributed by atoms with Gasteiger partial charge in [-0.3, -0.25) is 10.1 Å². The van der Waals surface area contributed by atoms with Crippen molar-refractivity contribution in [2.45, 2.75) is 33.5 Å². The van der Waals surface area contributed by atoms with Gasteiger partial charge >= 0.3 is 11.9 Å². The number of ether oxygens (including phenoxy) is 1. The quantitative estimate of drug-likeness (QED) is 0.0736. The average molecular weight is 645 g/mol. The zero-order valence-corrected chi connectivity index (χ0v) is 26.4. The van der Waals surface area contributed by atoms with E-state index in [9.17, 15) is 19.5 Å². The summed E-state index contributed by atoms with van der Waals surface area (Å²) in [6, 6.07) is 21.0. The van der Waals surface area contributed by atoms with Crippen molar-refractivity contribution in [2.75, 3.05) is 24.9 Å². The number of aryl methyl sites for hydroxylation is 2. The number of hydrogen-bond acceptors (Lipinski definition) is 10. The van der Waals surface area contributed by atoms with E-state index in [-0.39, 0.29) is 24.3 Å². The maximum absolute atomic E-state index is 13.1. The Balaban J connectivity index is 0.00000294. The number of amides is 1. The van der Waals surface area contributed by atoms with Crippen molar-refractivity contribution in [2.24, 2.45) is 0 Å². The van der Waals surface area contributed by atoms with Gasteiger partial charge < -0.3 is 25.3 Å². The molecule has 4 N–H and O–H groups in total. The lowest BCUT2D eigenvalue weighted by Crippen LogP contribution is -2.17. The fourth-order valence-corrected chi connectivity index (χ4v) is 4.84. The molecule has 4 aromatic carbocycles. The minimum atomic E-state index is -1.21. The summed E-state index contributed by atoms with van der Waals surface area (Å²) in [5.41, 5.74) is 7.31. The Labute approximate surface area is 271 Å². The van der Waals surface area contributed by atoms with Crippen LogP contribution in [0.3, 0.4) is 0 Å². The van der Waals surface area contributed by atoms with E-state index in [4.69, 9.17) is 19.7 Å². The summed E-state index contributed by atoms with van der Waals surface area (Å²) in [5.74, 6) is -2.24. The van der Waals surface area contributed by atoms with Gasteiger partial charge in [-0.15, -0.1) is 0 Å². The number of aromatic carboxylic acids is 1. The molecule has 1 amide bonds. The second-order valence-corrected chi connectivity index (χ2v) is 10.3. The number of benzene rings is 4. The molecule has 0 aliphatic heterocycles. The first-order valence-electron chi connectivity index (χ1n) is 14.2. The number of carbonyl (C=O) groups excluding carboxylic acids is 3. The van der Waals surface area contributed by atoms with Crippen LogP contribution in [0.25, 0.3) is 0 Å². The van der Waals surface area contributed by atoms with Gasteiger partial charge in [-0.1, -0.05) is 36.4 Å². The van der Waals surface area contributed by atoms with Crippen LogP contribution in [0.4, 0.5) is 17.1 Å². The van der Waals surface area contributed by atoms with Gasteiger partial charge in [-0.2, -0.15) is 0 Å². The van der Waals surface area contributed by atoms with Gasteiger partial charge in [0.25, 0.3) is 5.91 Å². The molecule has 0 saturated heterocycles. The van der Waals surface area contributed by atoms with Crippen molar-refractivity contribution in [3.63, 3.8) is 0 Å². The molecule has 0 unspecified atom stereocenters. The maximum Gasteiger partial charge on any atom is 0.337 e. The Hall–Kier alpha value is -5.40. The Morgan fingerprint density at radius 1 is 0.745 bits per heavy atom. The van der Waals surface area contributed by atoms with Gasteiger partial charge in [-0.25, -0.2) is 24.3 Å². The third-order valence-electron chi connectivity index (χ3n) is 7.16. The Bertz CT molecular complexity index is 1740. The fraction of sp³-hybridized carbons (Fsp3) is 0.200. The number of carbonyl (C=O) groups is 4. The molecule has 0 aliphatic rings. The van der Waals surface area contributed by atoms with Crippen molar-refractivity contribution in [3.05, 3.63) is 123 Å². The number of hydrogen-bond donors (Lipinski definition) is 4. The van der Waals surface area contributed by atoms with Gasteiger partial charge in [0.2, 0.25) is 0 Å². The summed E-state index contributed by atoms with van der Waals surface area (Å²) in [5, 5.41) is 24.7. The third kappa shape index (κ3) is 9.55. The summed E-state index contributed by atoms with van der Waals surface area (Å²) in [6.45, 7) is 5.83. The van der Waals surface area contributed by atoms with Crippen LogP contribution >= 0.6 is 0 Å². The minimum Gasteiger partial charge on any atom is -0.478 e. The van der Waals surface area contributed by atoms with Crippen LogP contribution in [0.5, 0.6) is 0 Å². The van der Waals surface area contributed by atoms with Crippen molar-refractivity contribution < 1.29 is 48.9 Å². The molecule has 12 nitrogen and oxygen atoms in total. The van der Waals surface area contributed by atoms with Crippen LogP contribution in [-0.4, -0.2) is 49.2 Å². The van der Waals surface area contributed by atoms with Gasteiger partial charge in [0.1, 0.15) is 20.0 Å². The smallest absolute Gasteiger partial charge is 0.337 e. The molecular weight excluding hydrogens is 608 g/mol. The fourth-order valence-electron chi connectivity index (χ4n) is 4.84. The Morgan fingerprint density at radius 2 is 1.38 bits per heavy atom. The molecule has 0 saturated carbocycles. The number of anilines is 3. The molecular formula is C35H36N2O10. The zero-order valence-electron chi connectivity index (χ0n) is 26.4. The zero-order chi connectivity index (χ0) is 34.5. The van der Waals surface area contributed by atoms with E-state index in [1.807, 2.05) is 51.0 Å². The highest BCUT2D eigenvalue weighted by Crippen LogP contribution is 2.28. The van der Waals surface area contributed by atoms with Crippen molar-refractivity contribution in [1.82, 2.24) is 0 Å². The maximum atomic E-state index is 13.1. The second kappa shape index (κ2) is 17.3. The molecule has 0 bridgehead atoms. The highest BCUT2D eigenvalue weighted by molar-refractivity contribution is 6.11. The molecule has 0 heterocycles. The lowest BCUT2D eigenvalue weighted by atomic mass is 9.99. The van der Waals surface area contributed by atoms with Crippen LogP contribution in [0.1, 0.15) is 64.5 Å². The molecule has 0 aliphatic carbocycles. The van der Waals surface area contributed by atoms with E-state index >= 15 is 0 Å². The lowest BCUT2D eigenvalue weighted by Gasteiger charge is -2.16. The number of carboxylic acid groups (broad SMARTS) is 1. The summed E-state index contributed by atoms with van der Waals surface area (Å²) >= 11 is 0. The number of rotatable bonds is 13. The van der Waals surface area contributed by atoms with Crippen LogP contribution in [0.2, 0.25) is 0 Å². The molecule has 0 fully saturated rings. The first kappa shape index (κ1) is 36.1. The minimum absolute atomic E-state index is 0.0142. The predicted molar refractivity (Wildman–Crippen MR) is 174 cm³/mol. The van der Waals surface area contributed by atoms with Crippen LogP contribution in [0.15, 0.2) is 72.8 Å². The SMILES string of the molecule is C=O.COOCc1ccc(C(=O)O)c(C(=O)Nc2ccc(Cc3ccc(Nc4cc(C(=O)OC)ccc4COO)c(C)c3)cc2C)c1. The van der Waals surface area contributed by atoms with E-state index in [0.717, 1.165) is 27.9 Å². The lowest BCUT2D eigenvalue weighted by molar-refractivity contribution is -0.282. The van der Waals surface area contributed by atoms with Crippen LogP contribution in [0, 0.1) is 13.8 Å². The van der Waals surface area contributed by atoms with E-state index in [1.165, 1.54) is 26.4 Å². The third-order valence-corrected chi connectivity index (χ3v) is 7.16. The summed E-state index contributed by atoms with van der Waals surface area (Å²) in [6.07, 6.45) is 0.627. The number of methoxy groups -OCH3 is 1. The largest absolute Gasteiger partial charge is 0.478 e. The van der Waals surface area contributed by atoms with Gasteiger partial charge in [0, 0.05) is 22.6 Å². The highest BCUT2D eigenvalue weighted by atomic mass is 17.2. The molecule has 12 heteroatoms. The van der Waals surface area contributed by atoms with E-state index < -0.39 is 17.8 Å². The molecule has 47 heavy (non-hydrogen) atoms. The Kier molecular flexibility index (Phi) is 13.3. The standard InChI is InChI=1S/C34H34N2O9.CH2O/c1-20-13-22(6-11-29(20)35-31-17-25(34(40)42-3)8-9-26(31)19-44-41)15-23-7-12-30(21(2)14-23)36-32(37)28-16-24(18-45-43-4)5-10-27(28)33(38)39;1-2/h5-14,16-17,35,41H,15,18-19H2,1-4H3,(H,36,37)(H,38,39);1H2. The van der Waals surface area contributed by atoms with Crippen molar-refractivity contribution in [3.8, 4) is 0 Å². The van der Waals surface area contributed by atoms with Gasteiger partial charge in [0.15, 0.2) is 0 Å². The van der Waals surface area contributed by atoms with Crippen LogP contribution < -0.4 is 10.6 Å². The van der Waals surface area contributed by atoms with E-state index in [1.54, 1.807) is 30.3 Å². The van der Waals surface area contributed by atoms with Crippen molar-refractivity contribution in [1.29, 1.82) is 0 Å². The van der Waals surface area contributed by atoms with Crippen LogP contribution in [-0.2, 0) is 43.8 Å². The van der Waals surface area contributed by atoms with Crippen molar-refractivity contribution >= 4 is 41.7 Å². The molecule has 0 atom stereocenters. The summed E-state index contributed by atoms with van der Waals surface area (Å²) in [7, 11) is 2.67. The molecule has 0 radical (unpaired) electrons. The molecule has 0 spiro atoms. The normalized spacial score (nSPS) is 10.4. The topological polar surface area (TPSA) is 170 Å². The summed E-state index contributed by atoms with van der Waals surface area (Å²) < 4.78 is 4.82. The number of carboxylic acids is 1. The molecule has 0 aromatic heterocycles. The van der Waals surface area contributed by atoms with Gasteiger partial charge in [0.05, 0.1) is 30.9 Å². The van der Waals surface area contributed by atoms with Gasteiger partial charge in [-0.05, 0) is 84.5 Å². The predicted octanol–water partition coefficient (Wildman–Crippen LogP) is 6.26.